The Bertz CT molecular complexity index is 1880. The molecule has 0 N–H and O–H groups in total. The maximum atomic E-state index is 4.41. The highest BCUT2D eigenvalue weighted by Crippen LogP contribution is 2.44. The molecule has 0 atom stereocenters. The van der Waals surface area contributed by atoms with Gasteiger partial charge in [0.05, 0.1) is 0 Å². The van der Waals surface area contributed by atoms with E-state index in [9.17, 15) is 0 Å². The highest BCUT2D eigenvalue weighted by atomic mass is 14.6. The van der Waals surface area contributed by atoms with Crippen LogP contribution in [0.2, 0.25) is 0 Å². The molecule has 7 aromatic rings. The number of pyridine rings is 1. The Balaban J connectivity index is 1.52. The van der Waals surface area contributed by atoms with Gasteiger partial charge in [-0.05, 0) is 90.8 Å². The molecule has 7 rings (SSSR count). The van der Waals surface area contributed by atoms with Crippen molar-refractivity contribution < 1.29 is 0 Å². The molecule has 0 fully saturated rings. The summed E-state index contributed by atoms with van der Waals surface area (Å²) in [6, 6.07) is 44.2. The third-order valence-corrected chi connectivity index (χ3v) is 7.33. The van der Waals surface area contributed by atoms with Crippen molar-refractivity contribution in [2.24, 2.45) is 0 Å². The number of fused-ring (bicyclic) bond motifs is 3. The van der Waals surface area contributed by atoms with Gasteiger partial charge in [0.2, 0.25) is 0 Å². The first kappa shape index (κ1) is 21.5. The van der Waals surface area contributed by atoms with Crippen LogP contribution in [-0.4, -0.2) is 4.98 Å². The quantitative estimate of drug-likeness (QED) is 0.234. The van der Waals surface area contributed by atoms with Crippen LogP contribution in [0.25, 0.3) is 65.7 Å². The lowest BCUT2D eigenvalue weighted by molar-refractivity contribution is 1.27. The van der Waals surface area contributed by atoms with Crippen LogP contribution in [0.15, 0.2) is 134 Å². The maximum Gasteiger partial charge on any atom is 0.0346 e. The summed E-state index contributed by atoms with van der Waals surface area (Å²) in [5, 5.41) is 7.58. The zero-order valence-electron chi connectivity index (χ0n) is 20.6. The lowest BCUT2D eigenvalue weighted by Crippen LogP contribution is -1.91. The van der Waals surface area contributed by atoms with Gasteiger partial charge in [-0.25, -0.2) is 0 Å². The summed E-state index contributed by atoms with van der Waals surface area (Å²) in [6.07, 6.45) is 3.85. The van der Waals surface area contributed by atoms with Crippen molar-refractivity contribution in [3.05, 3.63) is 139 Å². The van der Waals surface area contributed by atoms with Crippen molar-refractivity contribution in [2.45, 2.75) is 6.92 Å². The smallest absolute Gasteiger partial charge is 0.0346 e. The van der Waals surface area contributed by atoms with Crippen LogP contribution in [0.3, 0.4) is 0 Å². The molecule has 1 aromatic heterocycles. The van der Waals surface area contributed by atoms with Crippen molar-refractivity contribution in [2.75, 3.05) is 0 Å². The lowest BCUT2D eigenvalue weighted by Gasteiger charge is -2.18. The highest BCUT2D eigenvalue weighted by molar-refractivity contribution is 6.21. The summed E-state index contributed by atoms with van der Waals surface area (Å²) in [7, 11) is 0. The first-order chi connectivity index (χ1) is 18.3. The molecule has 1 heterocycles. The van der Waals surface area contributed by atoms with Crippen LogP contribution >= 0.6 is 0 Å². The fourth-order valence-corrected chi connectivity index (χ4v) is 5.65. The second-order valence-corrected chi connectivity index (χ2v) is 9.73. The third kappa shape index (κ3) is 3.68. The molecule has 0 aliphatic rings. The molecule has 0 spiro atoms. The summed E-state index contributed by atoms with van der Waals surface area (Å²) in [6.45, 7) is 2.09. The van der Waals surface area contributed by atoms with E-state index in [0.29, 0.717) is 0 Å². The number of aryl methyl sites for hydroxylation is 1. The van der Waals surface area contributed by atoms with E-state index in [2.05, 4.69) is 133 Å². The molecule has 174 valence electrons. The molecule has 0 unspecified atom stereocenters. The molecule has 0 aliphatic heterocycles. The van der Waals surface area contributed by atoms with Crippen molar-refractivity contribution in [3.8, 4) is 33.4 Å². The van der Waals surface area contributed by atoms with Crippen molar-refractivity contribution in [1.29, 1.82) is 0 Å². The van der Waals surface area contributed by atoms with Gasteiger partial charge in [0.1, 0.15) is 0 Å². The molecule has 0 bridgehead atoms. The Morgan fingerprint density at radius 2 is 0.946 bits per heavy atom. The van der Waals surface area contributed by atoms with E-state index >= 15 is 0 Å². The zero-order chi connectivity index (χ0) is 24.8. The van der Waals surface area contributed by atoms with Gasteiger partial charge in [-0.2, -0.15) is 0 Å². The number of hydrogen-bond donors (Lipinski definition) is 0. The topological polar surface area (TPSA) is 12.9 Å². The van der Waals surface area contributed by atoms with Crippen LogP contribution in [0.1, 0.15) is 5.56 Å². The molecule has 6 aromatic carbocycles. The van der Waals surface area contributed by atoms with Crippen LogP contribution in [0.5, 0.6) is 0 Å². The van der Waals surface area contributed by atoms with E-state index < -0.39 is 0 Å². The van der Waals surface area contributed by atoms with E-state index in [4.69, 9.17) is 0 Å². The monoisotopic (exact) mass is 471 g/mol. The molecule has 0 aliphatic carbocycles. The molecule has 0 saturated carbocycles. The minimum absolute atomic E-state index is 1.15. The van der Waals surface area contributed by atoms with Gasteiger partial charge >= 0.3 is 0 Å². The average Bonchev–Trinajstić information content (AvgIpc) is 2.95. The van der Waals surface area contributed by atoms with Crippen LogP contribution in [0, 0.1) is 6.92 Å². The number of aromatic nitrogens is 1. The Hall–Kier alpha value is -4.75. The standard InChI is InChI=1S/C36H25N/c1-24-19-30(23-37-22-24)27-17-15-25-16-18-28(21-29(25)20-27)36-33-13-7-5-11-31(33)35(26-9-3-2-4-10-26)32-12-6-8-14-34(32)36/h2-23H,1H3. The first-order valence-corrected chi connectivity index (χ1v) is 12.7. The van der Waals surface area contributed by atoms with Gasteiger partial charge in [0.15, 0.2) is 0 Å². The average molecular weight is 472 g/mol. The van der Waals surface area contributed by atoms with E-state index in [1.807, 2.05) is 12.4 Å². The molecule has 0 radical (unpaired) electrons. The molecule has 0 saturated heterocycles. The lowest BCUT2D eigenvalue weighted by atomic mass is 9.85. The maximum absolute atomic E-state index is 4.41. The molecule has 0 amide bonds. The van der Waals surface area contributed by atoms with Crippen molar-refractivity contribution in [3.63, 3.8) is 0 Å². The summed E-state index contributed by atoms with van der Waals surface area (Å²) < 4.78 is 0. The number of nitrogens with zero attached hydrogens (tertiary/aromatic N) is 1. The van der Waals surface area contributed by atoms with E-state index in [-0.39, 0.29) is 0 Å². The van der Waals surface area contributed by atoms with Gasteiger partial charge in [-0.1, -0.05) is 103 Å². The minimum Gasteiger partial charge on any atom is -0.264 e. The fraction of sp³-hybridized carbons (Fsp3) is 0.0278. The molecule has 37 heavy (non-hydrogen) atoms. The number of hydrogen-bond acceptors (Lipinski definition) is 1. The van der Waals surface area contributed by atoms with Crippen LogP contribution in [0.4, 0.5) is 0 Å². The van der Waals surface area contributed by atoms with E-state index in [0.717, 1.165) is 5.56 Å². The first-order valence-electron chi connectivity index (χ1n) is 12.7. The Morgan fingerprint density at radius 3 is 1.57 bits per heavy atom. The third-order valence-electron chi connectivity index (χ3n) is 7.33. The van der Waals surface area contributed by atoms with Gasteiger partial charge in [0.25, 0.3) is 0 Å². The predicted octanol–water partition coefficient (Wildman–Crippen LogP) is 9.85. The largest absolute Gasteiger partial charge is 0.264 e. The summed E-state index contributed by atoms with van der Waals surface area (Å²) >= 11 is 0. The van der Waals surface area contributed by atoms with Gasteiger partial charge in [0, 0.05) is 18.0 Å². The van der Waals surface area contributed by atoms with Crippen molar-refractivity contribution >= 4 is 32.3 Å². The fourth-order valence-electron chi connectivity index (χ4n) is 5.65. The predicted molar refractivity (Wildman–Crippen MR) is 158 cm³/mol. The zero-order valence-corrected chi connectivity index (χ0v) is 20.6. The minimum atomic E-state index is 1.15. The molecule has 1 heteroatoms. The van der Waals surface area contributed by atoms with Crippen LogP contribution in [-0.2, 0) is 0 Å². The molecular weight excluding hydrogens is 446 g/mol. The van der Waals surface area contributed by atoms with E-state index in [1.54, 1.807) is 0 Å². The van der Waals surface area contributed by atoms with Gasteiger partial charge < -0.3 is 0 Å². The molecular formula is C36H25N. The number of benzene rings is 6. The molecule has 1 nitrogen and oxygen atoms in total. The summed E-state index contributed by atoms with van der Waals surface area (Å²) in [4.78, 5) is 4.41. The SMILES string of the molecule is Cc1cncc(-c2ccc3ccc(-c4c5ccccc5c(-c5ccccc5)c5ccccc45)cc3c2)c1. The number of rotatable bonds is 3. The normalized spacial score (nSPS) is 11.4. The second kappa shape index (κ2) is 8.72. The van der Waals surface area contributed by atoms with E-state index in [1.165, 1.54) is 65.7 Å². The highest BCUT2D eigenvalue weighted by Gasteiger charge is 2.16. The van der Waals surface area contributed by atoms with Crippen molar-refractivity contribution in [1.82, 2.24) is 4.98 Å². The van der Waals surface area contributed by atoms with Gasteiger partial charge in [-0.15, -0.1) is 0 Å². The summed E-state index contributed by atoms with van der Waals surface area (Å²) in [5.74, 6) is 0. The van der Waals surface area contributed by atoms with Crippen LogP contribution < -0.4 is 0 Å². The second-order valence-electron chi connectivity index (χ2n) is 9.73. The van der Waals surface area contributed by atoms with Gasteiger partial charge in [-0.3, -0.25) is 4.98 Å². The Kier molecular flexibility index (Phi) is 5.08. The summed E-state index contributed by atoms with van der Waals surface area (Å²) in [5.41, 5.74) is 8.57. The Morgan fingerprint density at radius 1 is 0.405 bits per heavy atom. The Labute approximate surface area is 216 Å².